The second-order valence-electron chi connectivity index (χ2n) is 4.05. The summed E-state index contributed by atoms with van der Waals surface area (Å²) in [4.78, 5) is 1.36. The van der Waals surface area contributed by atoms with Crippen molar-refractivity contribution in [3.63, 3.8) is 0 Å². The van der Waals surface area contributed by atoms with E-state index < -0.39 is 0 Å². The van der Waals surface area contributed by atoms with E-state index in [2.05, 4.69) is 65.4 Å². The highest BCUT2D eigenvalue weighted by molar-refractivity contribution is 8.08. The summed E-state index contributed by atoms with van der Waals surface area (Å²) in [5.41, 5.74) is 2.60. The second kappa shape index (κ2) is 4.76. The van der Waals surface area contributed by atoms with Crippen molar-refractivity contribution >= 4 is 22.7 Å². The minimum atomic E-state index is 1.10. The monoisotopic (exact) mass is 240 g/mol. The fourth-order valence-electron chi connectivity index (χ4n) is 2.04. The average Bonchev–Trinajstić information content (AvgIpc) is 2.40. The molecule has 84 valence electrons. The van der Waals surface area contributed by atoms with Gasteiger partial charge < -0.3 is 0 Å². The SMILES string of the molecule is C(=C1SCC[n+]2ccccc21)c1ccccc1. The van der Waals surface area contributed by atoms with Crippen LogP contribution in [0.15, 0.2) is 54.7 Å². The summed E-state index contributed by atoms with van der Waals surface area (Å²) >= 11 is 1.94. The van der Waals surface area contributed by atoms with Crippen molar-refractivity contribution < 1.29 is 4.57 Å². The lowest BCUT2D eigenvalue weighted by Gasteiger charge is -2.12. The molecule has 0 saturated heterocycles. The van der Waals surface area contributed by atoms with E-state index in [0.717, 1.165) is 12.3 Å². The van der Waals surface area contributed by atoms with E-state index in [0.29, 0.717) is 0 Å². The molecular formula is C15H14NS+. The van der Waals surface area contributed by atoms with E-state index in [9.17, 15) is 0 Å². The summed E-state index contributed by atoms with van der Waals surface area (Å²) in [5, 5.41) is 0. The van der Waals surface area contributed by atoms with Crippen LogP contribution < -0.4 is 4.57 Å². The molecule has 1 aromatic carbocycles. The molecule has 0 unspecified atom stereocenters. The van der Waals surface area contributed by atoms with E-state index in [4.69, 9.17) is 0 Å². The van der Waals surface area contributed by atoms with Gasteiger partial charge in [0.05, 0.1) is 10.7 Å². The number of rotatable bonds is 1. The molecule has 0 atom stereocenters. The van der Waals surface area contributed by atoms with Gasteiger partial charge in [-0.25, -0.2) is 0 Å². The maximum absolute atomic E-state index is 2.32. The highest BCUT2D eigenvalue weighted by Crippen LogP contribution is 2.30. The molecule has 2 heteroatoms. The van der Waals surface area contributed by atoms with Crippen LogP contribution in [0.5, 0.6) is 0 Å². The largest absolute Gasteiger partial charge is 0.218 e. The Kier molecular flexibility index (Phi) is 2.97. The van der Waals surface area contributed by atoms with E-state index in [1.165, 1.54) is 16.2 Å². The van der Waals surface area contributed by atoms with Crippen LogP contribution in [0.2, 0.25) is 0 Å². The van der Waals surface area contributed by atoms with Gasteiger partial charge in [0, 0.05) is 12.1 Å². The normalized spacial score (nSPS) is 16.8. The van der Waals surface area contributed by atoms with E-state index in [-0.39, 0.29) is 0 Å². The van der Waals surface area contributed by atoms with Gasteiger partial charge in [-0.15, -0.1) is 11.8 Å². The van der Waals surface area contributed by atoms with Gasteiger partial charge in [0.2, 0.25) is 5.69 Å². The van der Waals surface area contributed by atoms with E-state index in [1.807, 2.05) is 11.8 Å². The van der Waals surface area contributed by atoms with Gasteiger partial charge in [0.25, 0.3) is 0 Å². The highest BCUT2D eigenvalue weighted by atomic mass is 32.2. The van der Waals surface area contributed by atoms with Gasteiger partial charge in [-0.05, 0) is 17.7 Å². The van der Waals surface area contributed by atoms with Crippen LogP contribution in [-0.4, -0.2) is 5.75 Å². The van der Waals surface area contributed by atoms with Gasteiger partial charge in [-0.1, -0.05) is 30.3 Å². The third-order valence-electron chi connectivity index (χ3n) is 2.88. The molecule has 2 aromatic rings. The lowest BCUT2D eigenvalue weighted by atomic mass is 10.2. The number of aryl methyl sites for hydroxylation is 1. The summed E-state index contributed by atoms with van der Waals surface area (Å²) < 4.78 is 2.32. The summed E-state index contributed by atoms with van der Waals surface area (Å²) in [5.74, 6) is 1.15. The summed E-state index contributed by atoms with van der Waals surface area (Å²) in [7, 11) is 0. The van der Waals surface area contributed by atoms with Gasteiger partial charge in [0.15, 0.2) is 12.7 Å². The molecule has 0 N–H and O–H groups in total. The minimum absolute atomic E-state index is 1.10. The van der Waals surface area contributed by atoms with Gasteiger partial charge >= 0.3 is 0 Å². The van der Waals surface area contributed by atoms with Crippen molar-refractivity contribution in [2.75, 3.05) is 5.75 Å². The Labute approximate surface area is 106 Å². The number of nitrogens with zero attached hydrogens (tertiary/aromatic N) is 1. The van der Waals surface area contributed by atoms with Crippen LogP contribution in [0.3, 0.4) is 0 Å². The molecule has 0 fully saturated rings. The maximum Gasteiger partial charge on any atom is 0.218 e. The topological polar surface area (TPSA) is 3.88 Å². The van der Waals surface area contributed by atoms with Crippen molar-refractivity contribution in [2.24, 2.45) is 0 Å². The first-order valence-corrected chi connectivity index (χ1v) is 6.80. The van der Waals surface area contributed by atoms with Crippen molar-refractivity contribution in [1.29, 1.82) is 0 Å². The van der Waals surface area contributed by atoms with E-state index >= 15 is 0 Å². The smallest absolute Gasteiger partial charge is 0.197 e. The van der Waals surface area contributed by atoms with Crippen molar-refractivity contribution in [3.05, 3.63) is 66.0 Å². The zero-order valence-corrected chi connectivity index (χ0v) is 10.4. The number of fused-ring (bicyclic) bond motifs is 1. The van der Waals surface area contributed by atoms with Crippen LogP contribution in [0, 0.1) is 0 Å². The molecule has 3 rings (SSSR count). The van der Waals surface area contributed by atoms with Gasteiger partial charge in [-0.3, -0.25) is 0 Å². The Hall–Kier alpha value is -1.54. The number of benzene rings is 1. The highest BCUT2D eigenvalue weighted by Gasteiger charge is 2.20. The molecule has 1 aliphatic rings. The van der Waals surface area contributed by atoms with Crippen LogP contribution in [0.25, 0.3) is 11.0 Å². The lowest BCUT2D eigenvalue weighted by Crippen LogP contribution is -2.40. The maximum atomic E-state index is 2.32. The Morgan fingerprint density at radius 3 is 2.71 bits per heavy atom. The fraction of sp³-hybridized carbons (Fsp3) is 0.133. The number of thioether (sulfide) groups is 1. The third kappa shape index (κ3) is 2.27. The summed E-state index contributed by atoms with van der Waals surface area (Å²) in [6.45, 7) is 1.10. The molecule has 0 amide bonds. The first-order chi connectivity index (χ1) is 8.43. The average molecular weight is 240 g/mol. The van der Waals surface area contributed by atoms with Crippen molar-refractivity contribution in [3.8, 4) is 0 Å². The Bertz CT molecular complexity index is 546. The fourth-order valence-corrected chi connectivity index (χ4v) is 3.10. The molecule has 17 heavy (non-hydrogen) atoms. The van der Waals surface area contributed by atoms with Crippen molar-refractivity contribution in [1.82, 2.24) is 0 Å². The predicted molar refractivity (Wildman–Crippen MR) is 73.4 cm³/mol. The number of hydrogen-bond acceptors (Lipinski definition) is 1. The third-order valence-corrected chi connectivity index (χ3v) is 3.90. The molecule has 1 nitrogen and oxygen atoms in total. The van der Waals surface area contributed by atoms with Crippen LogP contribution in [0.1, 0.15) is 11.3 Å². The van der Waals surface area contributed by atoms with Crippen molar-refractivity contribution in [2.45, 2.75) is 6.54 Å². The predicted octanol–water partition coefficient (Wildman–Crippen LogP) is 3.22. The zero-order valence-electron chi connectivity index (χ0n) is 9.54. The molecule has 0 radical (unpaired) electrons. The van der Waals surface area contributed by atoms with Gasteiger partial charge in [0.1, 0.15) is 0 Å². The molecule has 2 heterocycles. The molecule has 0 aliphatic carbocycles. The molecule has 0 bridgehead atoms. The summed E-state index contributed by atoms with van der Waals surface area (Å²) in [6.07, 6.45) is 4.43. The number of hydrogen-bond donors (Lipinski definition) is 0. The second-order valence-corrected chi connectivity index (χ2v) is 5.18. The summed E-state index contributed by atoms with van der Waals surface area (Å²) in [6, 6.07) is 16.9. The molecular weight excluding hydrogens is 226 g/mol. The van der Waals surface area contributed by atoms with Crippen LogP contribution in [0.4, 0.5) is 0 Å². The Morgan fingerprint density at radius 2 is 1.82 bits per heavy atom. The van der Waals surface area contributed by atoms with Crippen LogP contribution >= 0.6 is 11.8 Å². The standard InChI is InChI=1S/C15H14NS/c1-2-6-13(7-3-1)12-15-14-8-4-5-9-16(14)10-11-17-15/h1-9,12H,10-11H2/q+1. The van der Waals surface area contributed by atoms with Crippen LogP contribution in [-0.2, 0) is 6.54 Å². The molecule has 0 saturated carbocycles. The number of pyridine rings is 1. The first kappa shape index (κ1) is 10.6. The lowest BCUT2D eigenvalue weighted by molar-refractivity contribution is -0.695. The molecule has 1 aliphatic heterocycles. The first-order valence-electron chi connectivity index (χ1n) is 5.82. The molecule has 1 aromatic heterocycles. The molecule has 0 spiro atoms. The minimum Gasteiger partial charge on any atom is -0.197 e. The quantitative estimate of drug-likeness (QED) is 0.692. The Morgan fingerprint density at radius 1 is 1.00 bits per heavy atom. The van der Waals surface area contributed by atoms with Gasteiger partial charge in [-0.2, -0.15) is 4.57 Å². The Balaban J connectivity index is 2.03. The van der Waals surface area contributed by atoms with E-state index in [1.54, 1.807) is 0 Å². The number of aromatic nitrogens is 1. The zero-order chi connectivity index (χ0) is 11.5.